The van der Waals surface area contributed by atoms with E-state index < -0.39 is 28.6 Å². The van der Waals surface area contributed by atoms with Crippen LogP contribution >= 0.6 is 0 Å². The number of carbonyl (C=O) groups is 2. The van der Waals surface area contributed by atoms with E-state index in [-0.39, 0.29) is 35.1 Å². The number of aliphatic hydroxyl groups excluding tert-OH is 1. The summed E-state index contributed by atoms with van der Waals surface area (Å²) in [5.41, 5.74) is 0.0981. The second kappa shape index (κ2) is 8.11. The van der Waals surface area contributed by atoms with Gasteiger partial charge in [-0.2, -0.15) is 0 Å². The fraction of sp³-hybridized carbons (Fsp3) is 0.200. The molecule has 2 aromatic rings. The van der Waals surface area contributed by atoms with Gasteiger partial charge in [-0.3, -0.25) is 19.8 Å². The highest BCUT2D eigenvalue weighted by atomic mass is 16.6. The Bertz CT molecular complexity index is 1050. The van der Waals surface area contributed by atoms with Crippen LogP contribution in [-0.4, -0.2) is 40.7 Å². The summed E-state index contributed by atoms with van der Waals surface area (Å²) in [4.78, 5) is 36.8. The molecule has 0 fully saturated rings. The lowest BCUT2D eigenvalue weighted by Crippen LogP contribution is -2.31. The maximum absolute atomic E-state index is 12.8. The minimum Gasteiger partial charge on any atom is -0.504 e. The fourth-order valence-electron chi connectivity index (χ4n) is 3.20. The molecule has 1 aliphatic heterocycles. The van der Waals surface area contributed by atoms with Crippen molar-refractivity contribution in [1.29, 1.82) is 0 Å². The third-order valence-electron chi connectivity index (χ3n) is 4.56. The molecule has 0 bridgehead atoms. The SMILES string of the molecule is CCOC(=O)C1=C(O)C(=O)N(c2ccc([N+](=O)[O-])cc2)C1c1ccc(O)c(OC)c1. The molecule has 156 valence electrons. The summed E-state index contributed by atoms with van der Waals surface area (Å²) in [6.07, 6.45) is 0. The molecule has 1 aliphatic rings. The van der Waals surface area contributed by atoms with Crippen molar-refractivity contribution in [3.05, 3.63) is 69.5 Å². The number of carbonyl (C=O) groups excluding carboxylic acids is 2. The van der Waals surface area contributed by atoms with E-state index in [1.807, 2.05) is 0 Å². The number of anilines is 1. The number of phenols is 1. The fourth-order valence-corrected chi connectivity index (χ4v) is 3.20. The van der Waals surface area contributed by atoms with Gasteiger partial charge in [-0.25, -0.2) is 4.79 Å². The molecule has 1 unspecified atom stereocenters. The number of amides is 1. The van der Waals surface area contributed by atoms with Crippen LogP contribution in [0, 0.1) is 10.1 Å². The van der Waals surface area contributed by atoms with Crippen LogP contribution in [0.4, 0.5) is 11.4 Å². The van der Waals surface area contributed by atoms with Gasteiger partial charge in [0, 0.05) is 17.8 Å². The number of phenolic OH excluding ortho intramolecular Hbond substituents is 1. The quantitative estimate of drug-likeness (QED) is 0.418. The highest BCUT2D eigenvalue weighted by molar-refractivity contribution is 6.15. The number of rotatable bonds is 6. The maximum atomic E-state index is 12.8. The van der Waals surface area contributed by atoms with Crippen molar-refractivity contribution in [1.82, 2.24) is 0 Å². The van der Waals surface area contributed by atoms with Crippen LogP contribution in [0.25, 0.3) is 0 Å². The molecule has 0 aromatic heterocycles. The molecule has 0 radical (unpaired) electrons. The number of aliphatic hydroxyl groups is 1. The van der Waals surface area contributed by atoms with E-state index in [9.17, 15) is 29.9 Å². The average molecular weight is 414 g/mol. The van der Waals surface area contributed by atoms with Crippen molar-refractivity contribution in [3.8, 4) is 11.5 Å². The van der Waals surface area contributed by atoms with Gasteiger partial charge >= 0.3 is 5.97 Å². The first-order valence-corrected chi connectivity index (χ1v) is 8.85. The highest BCUT2D eigenvalue weighted by Crippen LogP contribution is 2.43. The summed E-state index contributed by atoms with van der Waals surface area (Å²) in [7, 11) is 1.34. The standard InChI is InChI=1S/C20H18N2O8/c1-3-30-20(26)16-17(11-4-9-14(23)15(10-11)29-2)21(19(25)18(16)24)12-5-7-13(8-6-12)22(27)28/h4-10,17,23-24H,3H2,1-2H3. The zero-order chi connectivity index (χ0) is 22.0. The summed E-state index contributed by atoms with van der Waals surface area (Å²) >= 11 is 0. The third kappa shape index (κ3) is 3.50. The number of nitrogens with zero attached hydrogens (tertiary/aromatic N) is 2. The Morgan fingerprint density at radius 3 is 2.43 bits per heavy atom. The molecule has 1 atom stereocenters. The molecule has 2 aromatic carbocycles. The molecule has 0 spiro atoms. The molecule has 1 amide bonds. The maximum Gasteiger partial charge on any atom is 0.340 e. The van der Waals surface area contributed by atoms with Crippen LogP contribution in [0.1, 0.15) is 18.5 Å². The van der Waals surface area contributed by atoms with Gasteiger partial charge in [0.1, 0.15) is 5.57 Å². The monoisotopic (exact) mass is 414 g/mol. The first-order valence-electron chi connectivity index (χ1n) is 8.85. The molecule has 30 heavy (non-hydrogen) atoms. The van der Waals surface area contributed by atoms with Crippen molar-refractivity contribution < 1.29 is 34.2 Å². The number of ether oxygens (including phenoxy) is 2. The summed E-state index contributed by atoms with van der Waals surface area (Å²) < 4.78 is 10.1. The van der Waals surface area contributed by atoms with Gasteiger partial charge in [-0.15, -0.1) is 0 Å². The number of aromatic hydroxyl groups is 1. The molecule has 0 saturated carbocycles. The van der Waals surface area contributed by atoms with Crippen LogP contribution in [0.15, 0.2) is 53.8 Å². The number of hydrogen-bond acceptors (Lipinski definition) is 8. The zero-order valence-corrected chi connectivity index (χ0v) is 16.1. The van der Waals surface area contributed by atoms with E-state index >= 15 is 0 Å². The van der Waals surface area contributed by atoms with E-state index in [1.165, 1.54) is 49.6 Å². The van der Waals surface area contributed by atoms with Crippen molar-refractivity contribution in [3.63, 3.8) is 0 Å². The molecular formula is C20H18N2O8. The number of nitro groups is 1. The van der Waals surface area contributed by atoms with Gasteiger partial charge < -0.3 is 19.7 Å². The van der Waals surface area contributed by atoms with Crippen LogP contribution in [0.2, 0.25) is 0 Å². The first kappa shape index (κ1) is 20.6. The van der Waals surface area contributed by atoms with Crippen molar-refractivity contribution in [2.45, 2.75) is 13.0 Å². The Morgan fingerprint density at radius 1 is 1.20 bits per heavy atom. The number of hydrogen-bond donors (Lipinski definition) is 2. The Hall–Kier alpha value is -4.08. The van der Waals surface area contributed by atoms with Gasteiger partial charge in [0.05, 0.1) is 24.7 Å². The molecule has 2 N–H and O–H groups in total. The molecule has 1 heterocycles. The number of esters is 1. The smallest absolute Gasteiger partial charge is 0.340 e. The third-order valence-corrected chi connectivity index (χ3v) is 4.56. The zero-order valence-electron chi connectivity index (χ0n) is 16.1. The van der Waals surface area contributed by atoms with Gasteiger partial charge in [-0.1, -0.05) is 6.07 Å². The summed E-state index contributed by atoms with van der Waals surface area (Å²) in [6, 6.07) is 8.18. The Morgan fingerprint density at radius 2 is 1.87 bits per heavy atom. The predicted molar refractivity (Wildman–Crippen MR) is 104 cm³/mol. The summed E-state index contributed by atoms with van der Waals surface area (Å²) in [5, 5.41) is 31.3. The van der Waals surface area contributed by atoms with E-state index in [1.54, 1.807) is 6.92 Å². The second-order valence-electron chi connectivity index (χ2n) is 6.27. The number of nitro benzene ring substituents is 1. The van der Waals surface area contributed by atoms with Crippen LogP contribution in [0.5, 0.6) is 11.5 Å². The van der Waals surface area contributed by atoms with Gasteiger partial charge in [0.2, 0.25) is 0 Å². The first-order chi connectivity index (χ1) is 14.3. The molecule has 3 rings (SSSR count). The Kier molecular flexibility index (Phi) is 5.58. The van der Waals surface area contributed by atoms with Crippen LogP contribution in [0.3, 0.4) is 0 Å². The Labute approximate surface area is 170 Å². The van der Waals surface area contributed by atoms with E-state index in [4.69, 9.17) is 9.47 Å². The van der Waals surface area contributed by atoms with Crippen molar-refractivity contribution in [2.75, 3.05) is 18.6 Å². The largest absolute Gasteiger partial charge is 0.504 e. The normalized spacial score (nSPS) is 16.0. The lowest BCUT2D eigenvalue weighted by Gasteiger charge is -2.27. The van der Waals surface area contributed by atoms with Crippen molar-refractivity contribution in [2.24, 2.45) is 0 Å². The summed E-state index contributed by atoms with van der Waals surface area (Å²) in [6.45, 7) is 1.60. The Balaban J connectivity index is 2.16. The molecule has 10 nitrogen and oxygen atoms in total. The molecular weight excluding hydrogens is 396 g/mol. The predicted octanol–water partition coefficient (Wildman–Crippen LogP) is 2.77. The minimum atomic E-state index is -1.10. The average Bonchev–Trinajstić information content (AvgIpc) is 2.99. The van der Waals surface area contributed by atoms with Gasteiger partial charge in [0.25, 0.3) is 11.6 Å². The van der Waals surface area contributed by atoms with Crippen LogP contribution < -0.4 is 9.64 Å². The number of non-ortho nitro benzene ring substituents is 1. The lowest BCUT2D eigenvalue weighted by atomic mass is 9.98. The number of methoxy groups -OCH3 is 1. The van der Waals surface area contributed by atoms with Gasteiger partial charge in [0.15, 0.2) is 17.3 Å². The molecule has 0 aliphatic carbocycles. The lowest BCUT2D eigenvalue weighted by molar-refractivity contribution is -0.384. The number of benzene rings is 2. The summed E-state index contributed by atoms with van der Waals surface area (Å²) in [5.74, 6) is -2.60. The molecule has 0 saturated heterocycles. The highest BCUT2D eigenvalue weighted by Gasteiger charge is 2.45. The topological polar surface area (TPSA) is 139 Å². The van der Waals surface area contributed by atoms with Gasteiger partial charge in [-0.05, 0) is 36.8 Å². The second-order valence-corrected chi connectivity index (χ2v) is 6.27. The molecule has 10 heteroatoms. The van der Waals surface area contributed by atoms with E-state index in [2.05, 4.69) is 0 Å². The van der Waals surface area contributed by atoms with E-state index in [0.29, 0.717) is 5.56 Å². The van der Waals surface area contributed by atoms with E-state index in [0.717, 1.165) is 4.90 Å². The van der Waals surface area contributed by atoms with Crippen LogP contribution in [-0.2, 0) is 14.3 Å². The minimum absolute atomic E-state index is 0.0208. The van der Waals surface area contributed by atoms with Crippen molar-refractivity contribution >= 4 is 23.3 Å².